The zero-order valence-corrected chi connectivity index (χ0v) is 6.98. The van der Waals surface area contributed by atoms with Gasteiger partial charge in [0.05, 0.1) is 18.2 Å². The third-order valence-corrected chi connectivity index (χ3v) is 1.63. The molecule has 0 radical (unpaired) electrons. The van der Waals surface area contributed by atoms with E-state index in [0.29, 0.717) is 12.6 Å². The van der Waals surface area contributed by atoms with Crippen molar-refractivity contribution in [1.82, 2.24) is 0 Å². The minimum atomic E-state index is -0.197. The van der Waals surface area contributed by atoms with E-state index in [1.807, 2.05) is 0 Å². The summed E-state index contributed by atoms with van der Waals surface area (Å²) in [5, 5.41) is 9.22. The average molecular weight is 180 g/mol. The first-order chi connectivity index (χ1) is 6.22. The Morgan fingerprint density at radius 1 is 1.23 bits per heavy atom. The molecule has 0 heterocycles. The van der Waals surface area contributed by atoms with Crippen molar-refractivity contribution in [2.24, 2.45) is 0 Å². The number of aromatic hydroxyl groups is 1. The first-order valence-electron chi connectivity index (χ1n) is 3.54. The van der Waals surface area contributed by atoms with Crippen LogP contribution in [0.1, 0.15) is 20.7 Å². The summed E-state index contributed by atoms with van der Waals surface area (Å²) in [6.07, 6.45) is 1.03. The van der Waals surface area contributed by atoms with Crippen molar-refractivity contribution in [3.05, 3.63) is 23.3 Å². The number of ether oxygens (including phenoxy) is 1. The maximum absolute atomic E-state index is 10.5. The molecule has 0 atom stereocenters. The van der Waals surface area contributed by atoms with Crippen LogP contribution in [0.25, 0.3) is 0 Å². The fourth-order valence-electron chi connectivity index (χ4n) is 0.967. The van der Waals surface area contributed by atoms with Gasteiger partial charge in [0.2, 0.25) is 0 Å². The van der Waals surface area contributed by atoms with E-state index in [2.05, 4.69) is 0 Å². The molecular formula is C9H8O4. The molecule has 1 aromatic carbocycles. The lowest BCUT2D eigenvalue weighted by molar-refractivity contribution is 0.111. The Morgan fingerprint density at radius 2 is 1.85 bits per heavy atom. The van der Waals surface area contributed by atoms with Gasteiger partial charge >= 0.3 is 0 Å². The molecule has 0 bridgehead atoms. The van der Waals surface area contributed by atoms with Crippen LogP contribution in [0, 0.1) is 0 Å². The van der Waals surface area contributed by atoms with Crippen LogP contribution in [0.5, 0.6) is 11.5 Å². The zero-order valence-electron chi connectivity index (χ0n) is 6.98. The minimum Gasteiger partial charge on any atom is -0.507 e. The molecule has 0 saturated heterocycles. The van der Waals surface area contributed by atoms with Crippen molar-refractivity contribution in [2.45, 2.75) is 0 Å². The summed E-state index contributed by atoms with van der Waals surface area (Å²) in [5.41, 5.74) is 0.310. The van der Waals surface area contributed by atoms with E-state index in [0.717, 1.165) is 0 Å². The molecule has 1 rings (SSSR count). The summed E-state index contributed by atoms with van der Waals surface area (Å²) in [6.45, 7) is 0. The predicted octanol–water partition coefficient (Wildman–Crippen LogP) is 1.03. The summed E-state index contributed by atoms with van der Waals surface area (Å²) >= 11 is 0. The van der Waals surface area contributed by atoms with Crippen LogP contribution >= 0.6 is 0 Å². The highest BCUT2D eigenvalue weighted by Gasteiger charge is 2.07. The molecule has 0 saturated carbocycles. The fraction of sp³-hybridized carbons (Fsp3) is 0.111. The molecule has 0 amide bonds. The van der Waals surface area contributed by atoms with Crippen molar-refractivity contribution < 1.29 is 19.4 Å². The van der Waals surface area contributed by atoms with Crippen LogP contribution in [-0.4, -0.2) is 24.8 Å². The van der Waals surface area contributed by atoms with E-state index in [4.69, 9.17) is 4.74 Å². The molecule has 0 spiro atoms. The van der Waals surface area contributed by atoms with Gasteiger partial charge in [0.25, 0.3) is 0 Å². The quantitative estimate of drug-likeness (QED) is 0.705. The normalized spacial score (nSPS) is 9.31. The van der Waals surface area contributed by atoms with E-state index in [1.165, 1.54) is 19.2 Å². The SMILES string of the molecule is COc1cc(O)c(C=O)cc1C=O. The van der Waals surface area contributed by atoms with Crippen LogP contribution in [0.4, 0.5) is 0 Å². The summed E-state index contributed by atoms with van der Waals surface area (Å²) < 4.78 is 4.81. The van der Waals surface area contributed by atoms with E-state index in [1.54, 1.807) is 0 Å². The van der Waals surface area contributed by atoms with Gasteiger partial charge in [-0.25, -0.2) is 0 Å². The largest absolute Gasteiger partial charge is 0.507 e. The molecule has 0 aliphatic heterocycles. The van der Waals surface area contributed by atoms with Gasteiger partial charge in [-0.3, -0.25) is 9.59 Å². The van der Waals surface area contributed by atoms with Crippen LogP contribution in [0.3, 0.4) is 0 Å². The second-order valence-electron chi connectivity index (χ2n) is 2.39. The Hall–Kier alpha value is -1.84. The highest BCUT2D eigenvalue weighted by atomic mass is 16.5. The molecule has 0 aliphatic rings. The predicted molar refractivity (Wildman–Crippen MR) is 45.4 cm³/mol. The van der Waals surface area contributed by atoms with E-state index in [9.17, 15) is 14.7 Å². The number of phenols is 1. The molecule has 1 N–H and O–H groups in total. The van der Waals surface area contributed by atoms with Crippen molar-refractivity contribution >= 4 is 12.6 Å². The Balaban J connectivity index is 3.34. The van der Waals surface area contributed by atoms with Gasteiger partial charge in [-0.2, -0.15) is 0 Å². The number of benzene rings is 1. The van der Waals surface area contributed by atoms with Gasteiger partial charge in [-0.15, -0.1) is 0 Å². The molecule has 4 nitrogen and oxygen atoms in total. The van der Waals surface area contributed by atoms with Crippen molar-refractivity contribution in [2.75, 3.05) is 7.11 Å². The Bertz CT molecular complexity index is 344. The van der Waals surface area contributed by atoms with Crippen molar-refractivity contribution in [3.63, 3.8) is 0 Å². The number of hydrogen-bond donors (Lipinski definition) is 1. The third-order valence-electron chi connectivity index (χ3n) is 1.63. The summed E-state index contributed by atoms with van der Waals surface area (Å²) in [6, 6.07) is 2.50. The maximum Gasteiger partial charge on any atom is 0.153 e. The second kappa shape index (κ2) is 3.71. The van der Waals surface area contributed by atoms with Crippen molar-refractivity contribution in [1.29, 1.82) is 0 Å². The second-order valence-corrected chi connectivity index (χ2v) is 2.39. The lowest BCUT2D eigenvalue weighted by Crippen LogP contribution is -1.93. The average Bonchev–Trinajstić information content (AvgIpc) is 2.17. The van der Waals surface area contributed by atoms with Gasteiger partial charge in [0, 0.05) is 6.07 Å². The molecule has 68 valence electrons. The number of aldehydes is 2. The minimum absolute atomic E-state index is 0.0721. The van der Waals surface area contributed by atoms with E-state index < -0.39 is 0 Å². The summed E-state index contributed by atoms with van der Waals surface area (Å²) in [5.74, 6) is 0.0514. The van der Waals surface area contributed by atoms with E-state index in [-0.39, 0.29) is 22.6 Å². The molecule has 0 fully saturated rings. The summed E-state index contributed by atoms with van der Waals surface area (Å²) in [7, 11) is 1.38. The topological polar surface area (TPSA) is 63.6 Å². The smallest absolute Gasteiger partial charge is 0.153 e. The first-order valence-corrected chi connectivity index (χ1v) is 3.54. The molecule has 0 unspecified atom stereocenters. The highest BCUT2D eigenvalue weighted by molar-refractivity contribution is 5.87. The first kappa shape index (κ1) is 9.25. The Labute approximate surface area is 74.8 Å². The molecule has 13 heavy (non-hydrogen) atoms. The van der Waals surface area contributed by atoms with E-state index >= 15 is 0 Å². The van der Waals surface area contributed by atoms with Gasteiger partial charge in [0.1, 0.15) is 11.5 Å². The van der Waals surface area contributed by atoms with Crippen LogP contribution in [0.2, 0.25) is 0 Å². The van der Waals surface area contributed by atoms with Gasteiger partial charge in [0.15, 0.2) is 12.6 Å². The zero-order chi connectivity index (χ0) is 9.84. The maximum atomic E-state index is 10.5. The number of rotatable bonds is 3. The van der Waals surface area contributed by atoms with Crippen LogP contribution in [0.15, 0.2) is 12.1 Å². The lowest BCUT2D eigenvalue weighted by Gasteiger charge is -2.05. The molecule has 4 heteroatoms. The van der Waals surface area contributed by atoms with Crippen LogP contribution in [-0.2, 0) is 0 Å². The molecular weight excluding hydrogens is 172 g/mol. The number of carbonyl (C=O) groups is 2. The van der Waals surface area contributed by atoms with Gasteiger partial charge in [-0.05, 0) is 6.07 Å². The van der Waals surface area contributed by atoms with Gasteiger partial charge in [-0.1, -0.05) is 0 Å². The Kier molecular flexibility index (Phi) is 2.64. The number of methoxy groups -OCH3 is 1. The Morgan fingerprint density at radius 3 is 2.31 bits per heavy atom. The molecule has 0 aromatic heterocycles. The number of carbonyl (C=O) groups excluding carboxylic acids is 2. The van der Waals surface area contributed by atoms with Gasteiger partial charge < -0.3 is 9.84 Å². The monoisotopic (exact) mass is 180 g/mol. The van der Waals surface area contributed by atoms with Crippen LogP contribution < -0.4 is 4.74 Å². The number of phenolic OH excluding ortho intramolecular Hbond substituents is 1. The lowest BCUT2D eigenvalue weighted by atomic mass is 10.1. The fourth-order valence-corrected chi connectivity index (χ4v) is 0.967. The third kappa shape index (κ3) is 1.66. The molecule has 0 aliphatic carbocycles. The standard InChI is InChI=1S/C9H8O4/c1-13-9-3-8(12)6(4-10)2-7(9)5-11/h2-5,12H,1H3. The number of hydrogen-bond acceptors (Lipinski definition) is 4. The molecule has 1 aromatic rings. The highest BCUT2D eigenvalue weighted by Crippen LogP contribution is 2.25. The van der Waals surface area contributed by atoms with Crippen molar-refractivity contribution in [3.8, 4) is 11.5 Å². The summed E-state index contributed by atoms with van der Waals surface area (Å²) in [4.78, 5) is 20.9.